The maximum Gasteiger partial charge on any atom is 0.408 e. The van der Waals surface area contributed by atoms with Gasteiger partial charge in [-0.25, -0.2) is 9.59 Å². The summed E-state index contributed by atoms with van der Waals surface area (Å²) in [6.07, 6.45) is 1.29. The van der Waals surface area contributed by atoms with Crippen LogP contribution in [0.25, 0.3) is 0 Å². The Morgan fingerprint density at radius 3 is 2.44 bits per heavy atom. The Kier molecular flexibility index (Phi) is 6.89. The van der Waals surface area contributed by atoms with Gasteiger partial charge in [-0.05, 0) is 44.4 Å². The van der Waals surface area contributed by atoms with Crippen molar-refractivity contribution >= 4 is 23.9 Å². The number of aromatic carboxylic acids is 1. The number of aliphatic hydroxyl groups excluding tert-OH is 1. The van der Waals surface area contributed by atoms with Gasteiger partial charge >= 0.3 is 12.1 Å². The van der Waals surface area contributed by atoms with Gasteiger partial charge in [0.1, 0.15) is 6.17 Å². The van der Waals surface area contributed by atoms with Crippen molar-refractivity contribution in [1.82, 2.24) is 10.2 Å². The van der Waals surface area contributed by atoms with Crippen LogP contribution >= 0.6 is 0 Å². The molecule has 2 rings (SSSR count). The number of unbranched alkanes of at least 4 members (excludes halogenated alkanes) is 3. The summed E-state index contributed by atoms with van der Waals surface area (Å²) in [4.78, 5) is 48.6. The molecule has 27 heavy (non-hydrogen) atoms. The summed E-state index contributed by atoms with van der Waals surface area (Å²) >= 11 is 0. The number of imide groups is 1. The molecule has 3 amide bonds. The average Bonchev–Trinajstić information content (AvgIpc) is 2.88. The molecule has 9 nitrogen and oxygen atoms in total. The maximum atomic E-state index is 12.5. The second kappa shape index (κ2) is 9.13. The molecular formula is C18H22N2O7. The van der Waals surface area contributed by atoms with Crippen LogP contribution in [0.4, 0.5) is 4.79 Å². The summed E-state index contributed by atoms with van der Waals surface area (Å²) in [7, 11) is 0. The summed E-state index contributed by atoms with van der Waals surface area (Å²) in [6, 6.07) is 3.69. The molecule has 0 radical (unpaired) electrons. The first-order chi connectivity index (χ1) is 12.9. The molecule has 0 fully saturated rings. The summed E-state index contributed by atoms with van der Waals surface area (Å²) in [5.41, 5.74) is -0.0142. The number of fused-ring (bicyclic) bond motifs is 1. The molecule has 0 bridgehead atoms. The molecule has 1 aliphatic rings. The molecule has 3 N–H and O–H groups in total. The zero-order valence-corrected chi connectivity index (χ0v) is 14.9. The van der Waals surface area contributed by atoms with Gasteiger partial charge in [0, 0.05) is 6.61 Å². The minimum Gasteiger partial charge on any atom is -0.478 e. The summed E-state index contributed by atoms with van der Waals surface area (Å²) in [5, 5.41) is 20.1. The average molecular weight is 378 g/mol. The second-order valence-electron chi connectivity index (χ2n) is 6.14. The standard InChI is InChI=1S/C18H22N2O7/c1-11(19-18(26)27-9-5-3-2-4-8-21)20-15(22)13-7-6-12(17(24)25)10-14(13)16(20)23/h6-7,10-11,21H,2-5,8-9H2,1H3,(H,19,26)(H,24,25). The van der Waals surface area contributed by atoms with Crippen LogP contribution < -0.4 is 5.32 Å². The number of hydrogen-bond donors (Lipinski definition) is 3. The molecule has 0 saturated heterocycles. The number of benzene rings is 1. The number of rotatable bonds is 9. The number of hydrogen-bond acceptors (Lipinski definition) is 6. The monoisotopic (exact) mass is 378 g/mol. The second-order valence-corrected chi connectivity index (χ2v) is 6.14. The summed E-state index contributed by atoms with van der Waals surface area (Å²) in [5.74, 6) is -2.48. The minimum absolute atomic E-state index is 0.00852. The predicted molar refractivity (Wildman–Crippen MR) is 93.4 cm³/mol. The largest absolute Gasteiger partial charge is 0.478 e. The lowest BCUT2D eigenvalue weighted by molar-refractivity contribution is 0.0560. The van der Waals surface area contributed by atoms with E-state index in [1.807, 2.05) is 0 Å². The minimum atomic E-state index is -1.20. The van der Waals surface area contributed by atoms with Crippen molar-refractivity contribution in [1.29, 1.82) is 0 Å². The van der Waals surface area contributed by atoms with E-state index in [2.05, 4.69) is 5.32 Å². The highest BCUT2D eigenvalue weighted by Crippen LogP contribution is 2.25. The fraction of sp³-hybridized carbons (Fsp3) is 0.444. The van der Waals surface area contributed by atoms with Crippen LogP contribution in [0.15, 0.2) is 18.2 Å². The van der Waals surface area contributed by atoms with Crippen molar-refractivity contribution in [3.8, 4) is 0 Å². The van der Waals surface area contributed by atoms with E-state index < -0.39 is 30.0 Å². The van der Waals surface area contributed by atoms with Gasteiger partial charge in [0.25, 0.3) is 11.8 Å². The smallest absolute Gasteiger partial charge is 0.408 e. The Balaban J connectivity index is 1.92. The highest BCUT2D eigenvalue weighted by Gasteiger charge is 2.39. The van der Waals surface area contributed by atoms with Gasteiger partial charge in [0.05, 0.1) is 23.3 Å². The van der Waals surface area contributed by atoms with Crippen LogP contribution in [0, 0.1) is 0 Å². The van der Waals surface area contributed by atoms with Crippen LogP contribution in [0.1, 0.15) is 63.7 Å². The zero-order chi connectivity index (χ0) is 20.0. The third-order valence-electron chi connectivity index (χ3n) is 4.16. The number of aliphatic hydroxyl groups is 1. The van der Waals surface area contributed by atoms with Gasteiger partial charge in [0.2, 0.25) is 0 Å². The number of carboxylic acid groups (broad SMARTS) is 1. The van der Waals surface area contributed by atoms with Crippen LogP contribution in [0.2, 0.25) is 0 Å². The molecule has 1 unspecified atom stereocenters. The summed E-state index contributed by atoms with van der Waals surface area (Å²) in [6.45, 7) is 1.78. The number of amides is 3. The van der Waals surface area contributed by atoms with E-state index in [-0.39, 0.29) is 29.9 Å². The van der Waals surface area contributed by atoms with Crippen molar-refractivity contribution in [2.75, 3.05) is 13.2 Å². The lowest BCUT2D eigenvalue weighted by Gasteiger charge is -2.23. The lowest BCUT2D eigenvalue weighted by atomic mass is 10.1. The molecule has 9 heteroatoms. The molecule has 1 atom stereocenters. The van der Waals surface area contributed by atoms with Crippen LogP contribution in [-0.4, -0.2) is 58.4 Å². The molecule has 0 spiro atoms. The first-order valence-electron chi connectivity index (χ1n) is 8.66. The first-order valence-corrected chi connectivity index (χ1v) is 8.66. The van der Waals surface area contributed by atoms with E-state index in [1.165, 1.54) is 19.1 Å². The Bertz CT molecular complexity index is 747. The van der Waals surface area contributed by atoms with Crippen molar-refractivity contribution in [2.24, 2.45) is 0 Å². The molecule has 0 aliphatic carbocycles. The predicted octanol–water partition coefficient (Wildman–Crippen LogP) is 1.61. The van der Waals surface area contributed by atoms with E-state index in [0.29, 0.717) is 12.8 Å². The molecule has 1 aromatic carbocycles. The molecule has 0 aromatic heterocycles. The molecule has 1 heterocycles. The summed E-state index contributed by atoms with van der Waals surface area (Å²) < 4.78 is 5.01. The van der Waals surface area contributed by atoms with Crippen molar-refractivity contribution in [3.05, 3.63) is 34.9 Å². The number of carbonyl (C=O) groups excluding carboxylic acids is 3. The van der Waals surface area contributed by atoms with E-state index in [9.17, 15) is 19.2 Å². The van der Waals surface area contributed by atoms with E-state index in [0.717, 1.165) is 23.8 Å². The van der Waals surface area contributed by atoms with Gasteiger partial charge in [-0.1, -0.05) is 6.42 Å². The Hall–Kier alpha value is -2.94. The van der Waals surface area contributed by atoms with Crippen molar-refractivity contribution in [2.45, 2.75) is 38.8 Å². The van der Waals surface area contributed by atoms with Crippen LogP contribution in [0.5, 0.6) is 0 Å². The van der Waals surface area contributed by atoms with Gasteiger partial charge < -0.3 is 20.3 Å². The normalized spacial score (nSPS) is 14.1. The number of carboxylic acids is 1. The Labute approximate surface area is 155 Å². The fourth-order valence-electron chi connectivity index (χ4n) is 2.75. The highest BCUT2D eigenvalue weighted by molar-refractivity contribution is 6.22. The van der Waals surface area contributed by atoms with Crippen LogP contribution in [0.3, 0.4) is 0 Å². The third-order valence-corrected chi connectivity index (χ3v) is 4.16. The quantitative estimate of drug-likeness (QED) is 0.439. The Morgan fingerprint density at radius 2 is 1.78 bits per heavy atom. The van der Waals surface area contributed by atoms with Crippen molar-refractivity contribution < 1.29 is 34.1 Å². The van der Waals surface area contributed by atoms with Gasteiger partial charge in [-0.15, -0.1) is 0 Å². The maximum absolute atomic E-state index is 12.5. The Morgan fingerprint density at radius 1 is 1.11 bits per heavy atom. The van der Waals surface area contributed by atoms with Crippen LogP contribution in [-0.2, 0) is 4.74 Å². The van der Waals surface area contributed by atoms with Gasteiger partial charge in [-0.3, -0.25) is 14.5 Å². The molecule has 0 saturated carbocycles. The number of nitrogens with zero attached hydrogens (tertiary/aromatic N) is 1. The zero-order valence-electron chi connectivity index (χ0n) is 14.9. The fourth-order valence-corrected chi connectivity index (χ4v) is 2.75. The topological polar surface area (TPSA) is 133 Å². The van der Waals surface area contributed by atoms with Gasteiger partial charge in [-0.2, -0.15) is 0 Å². The SMILES string of the molecule is CC(NC(=O)OCCCCCCO)N1C(=O)c2ccc(C(=O)O)cc2C1=O. The first kappa shape index (κ1) is 20.4. The van der Waals surface area contributed by atoms with Gasteiger partial charge in [0.15, 0.2) is 0 Å². The third kappa shape index (κ3) is 4.82. The van der Waals surface area contributed by atoms with E-state index in [4.69, 9.17) is 14.9 Å². The van der Waals surface area contributed by atoms with Crippen molar-refractivity contribution in [3.63, 3.8) is 0 Å². The molecule has 1 aliphatic heterocycles. The van der Waals surface area contributed by atoms with E-state index in [1.54, 1.807) is 0 Å². The number of carbonyl (C=O) groups is 4. The number of nitrogens with one attached hydrogen (secondary N) is 1. The lowest BCUT2D eigenvalue weighted by Crippen LogP contribution is -2.49. The number of alkyl carbamates (subject to hydrolysis) is 1. The molecular weight excluding hydrogens is 356 g/mol. The molecule has 146 valence electrons. The molecule has 1 aromatic rings. The van der Waals surface area contributed by atoms with E-state index >= 15 is 0 Å². The number of ether oxygens (including phenoxy) is 1. The highest BCUT2D eigenvalue weighted by atomic mass is 16.5.